The summed E-state index contributed by atoms with van der Waals surface area (Å²) in [6.07, 6.45) is 4.95. The van der Waals surface area contributed by atoms with Crippen LogP contribution < -0.4 is 4.74 Å². The molecule has 3 nitrogen and oxygen atoms in total. The number of unbranched alkanes of at least 4 members (excludes halogenated alkanes) is 3. The fourth-order valence-corrected chi connectivity index (χ4v) is 2.53. The first kappa shape index (κ1) is 14.2. The zero-order valence-electron chi connectivity index (χ0n) is 11.7. The van der Waals surface area contributed by atoms with Crippen molar-refractivity contribution in [2.24, 2.45) is 0 Å². The maximum absolute atomic E-state index is 6.00. The van der Waals surface area contributed by atoms with Crippen molar-refractivity contribution >= 4 is 22.6 Å². The summed E-state index contributed by atoms with van der Waals surface area (Å²) in [5.41, 5.74) is 2.11. The predicted molar refractivity (Wildman–Crippen MR) is 80.0 cm³/mol. The summed E-state index contributed by atoms with van der Waals surface area (Å²) >= 11 is 6.00. The third-order valence-electron chi connectivity index (χ3n) is 3.39. The van der Waals surface area contributed by atoms with Crippen molar-refractivity contribution in [1.82, 2.24) is 9.55 Å². The van der Waals surface area contributed by atoms with Gasteiger partial charge in [0.25, 0.3) is 0 Å². The molecule has 0 fully saturated rings. The summed E-state index contributed by atoms with van der Waals surface area (Å²) in [5.74, 6) is 2.26. The number of alkyl halides is 1. The Morgan fingerprint density at radius 1 is 1.26 bits per heavy atom. The summed E-state index contributed by atoms with van der Waals surface area (Å²) in [7, 11) is 1.69. The van der Waals surface area contributed by atoms with E-state index in [2.05, 4.69) is 16.5 Å². The fourth-order valence-electron chi connectivity index (χ4n) is 2.33. The van der Waals surface area contributed by atoms with Crippen LogP contribution in [0.15, 0.2) is 18.2 Å². The molecular weight excluding hydrogens is 260 g/mol. The van der Waals surface area contributed by atoms with E-state index in [1.807, 2.05) is 18.2 Å². The van der Waals surface area contributed by atoms with Crippen LogP contribution in [0, 0.1) is 0 Å². The van der Waals surface area contributed by atoms with E-state index in [0.29, 0.717) is 5.88 Å². The molecule has 104 valence electrons. The molecule has 2 rings (SSSR count). The van der Waals surface area contributed by atoms with Crippen molar-refractivity contribution in [2.45, 2.75) is 45.0 Å². The van der Waals surface area contributed by atoms with Gasteiger partial charge in [0.05, 0.1) is 24.0 Å². The van der Waals surface area contributed by atoms with E-state index in [4.69, 9.17) is 16.3 Å². The van der Waals surface area contributed by atoms with Crippen molar-refractivity contribution in [3.63, 3.8) is 0 Å². The fraction of sp³-hybridized carbons (Fsp3) is 0.533. The zero-order valence-corrected chi connectivity index (χ0v) is 12.4. The largest absolute Gasteiger partial charge is 0.497 e. The molecule has 0 spiro atoms. The molecule has 0 N–H and O–H groups in total. The third-order valence-corrected chi connectivity index (χ3v) is 3.63. The number of rotatable bonds is 7. The number of nitrogens with zero attached hydrogens (tertiary/aromatic N) is 2. The quantitative estimate of drug-likeness (QED) is 0.556. The number of aryl methyl sites for hydroxylation is 1. The number of aromatic nitrogens is 2. The van der Waals surface area contributed by atoms with E-state index in [9.17, 15) is 0 Å². The Morgan fingerprint density at radius 3 is 2.79 bits per heavy atom. The first-order chi connectivity index (χ1) is 9.30. The summed E-state index contributed by atoms with van der Waals surface area (Å²) in [4.78, 5) is 4.58. The number of benzene rings is 1. The van der Waals surface area contributed by atoms with Gasteiger partial charge in [0, 0.05) is 12.6 Å². The van der Waals surface area contributed by atoms with Gasteiger partial charge in [-0.3, -0.25) is 0 Å². The van der Waals surface area contributed by atoms with Gasteiger partial charge in [-0.15, -0.1) is 11.6 Å². The van der Waals surface area contributed by atoms with E-state index >= 15 is 0 Å². The SMILES string of the molecule is CCCCCCn1c(CCl)nc2ccc(OC)cc21. The lowest BCUT2D eigenvalue weighted by Crippen LogP contribution is -2.02. The lowest BCUT2D eigenvalue weighted by atomic mass is 10.2. The van der Waals surface area contributed by atoms with Crippen LogP contribution in [0.3, 0.4) is 0 Å². The van der Waals surface area contributed by atoms with Crippen molar-refractivity contribution in [1.29, 1.82) is 0 Å². The number of hydrogen-bond acceptors (Lipinski definition) is 2. The normalized spacial score (nSPS) is 11.1. The highest BCUT2D eigenvalue weighted by atomic mass is 35.5. The van der Waals surface area contributed by atoms with Gasteiger partial charge in [0.1, 0.15) is 11.6 Å². The molecule has 1 heterocycles. The number of imidazole rings is 1. The second kappa shape index (κ2) is 6.80. The van der Waals surface area contributed by atoms with Crippen LogP contribution in [0.5, 0.6) is 5.75 Å². The molecule has 0 saturated carbocycles. The molecule has 1 aromatic carbocycles. The van der Waals surface area contributed by atoms with Crippen LogP contribution in [-0.4, -0.2) is 16.7 Å². The van der Waals surface area contributed by atoms with Gasteiger partial charge in [-0.25, -0.2) is 4.98 Å². The molecule has 19 heavy (non-hydrogen) atoms. The van der Waals surface area contributed by atoms with E-state index < -0.39 is 0 Å². The molecule has 0 bridgehead atoms. The molecule has 0 saturated heterocycles. The number of methoxy groups -OCH3 is 1. The molecule has 0 aliphatic rings. The third kappa shape index (κ3) is 3.21. The van der Waals surface area contributed by atoms with Gasteiger partial charge in [-0.1, -0.05) is 26.2 Å². The van der Waals surface area contributed by atoms with Crippen LogP contribution in [0.4, 0.5) is 0 Å². The molecule has 0 aliphatic heterocycles. The Bertz CT molecular complexity index is 536. The minimum atomic E-state index is 0.449. The molecule has 0 unspecified atom stereocenters. The first-order valence-electron chi connectivity index (χ1n) is 6.89. The highest BCUT2D eigenvalue weighted by molar-refractivity contribution is 6.16. The van der Waals surface area contributed by atoms with Crippen LogP contribution in [0.25, 0.3) is 11.0 Å². The van der Waals surface area contributed by atoms with Crippen LogP contribution in [0.1, 0.15) is 38.4 Å². The highest BCUT2D eigenvalue weighted by Crippen LogP contribution is 2.23. The number of halogens is 1. The number of hydrogen-bond donors (Lipinski definition) is 0. The minimum absolute atomic E-state index is 0.449. The van der Waals surface area contributed by atoms with Crippen molar-refractivity contribution in [2.75, 3.05) is 7.11 Å². The zero-order chi connectivity index (χ0) is 13.7. The molecule has 0 amide bonds. The standard InChI is InChI=1S/C15H21ClN2O/c1-3-4-5-6-9-18-14-10-12(19-2)7-8-13(14)17-15(18)11-16/h7-8,10H,3-6,9,11H2,1-2H3. The van der Waals surface area contributed by atoms with Crippen LogP contribution in [0.2, 0.25) is 0 Å². The van der Waals surface area contributed by atoms with E-state index in [-0.39, 0.29) is 0 Å². The van der Waals surface area contributed by atoms with Gasteiger partial charge < -0.3 is 9.30 Å². The first-order valence-corrected chi connectivity index (χ1v) is 7.42. The molecule has 4 heteroatoms. The molecule has 0 atom stereocenters. The second-order valence-electron chi connectivity index (χ2n) is 4.73. The van der Waals surface area contributed by atoms with Gasteiger partial charge in [0.15, 0.2) is 0 Å². The Kier molecular flexibility index (Phi) is 5.08. The molecule has 0 aliphatic carbocycles. The average Bonchev–Trinajstić information content (AvgIpc) is 2.80. The molecule has 2 aromatic rings. The van der Waals surface area contributed by atoms with Gasteiger partial charge in [-0.2, -0.15) is 0 Å². The maximum Gasteiger partial charge on any atom is 0.124 e. The monoisotopic (exact) mass is 280 g/mol. The molecule has 0 radical (unpaired) electrons. The number of ether oxygens (including phenoxy) is 1. The Morgan fingerprint density at radius 2 is 2.11 bits per heavy atom. The predicted octanol–water partition coefficient (Wildman–Crippen LogP) is 4.36. The van der Waals surface area contributed by atoms with Gasteiger partial charge in [-0.05, 0) is 18.6 Å². The van der Waals surface area contributed by atoms with E-state index in [1.165, 1.54) is 25.7 Å². The average molecular weight is 281 g/mol. The lowest BCUT2D eigenvalue weighted by molar-refractivity contribution is 0.415. The Balaban J connectivity index is 2.27. The molecular formula is C15H21ClN2O. The summed E-state index contributed by atoms with van der Waals surface area (Å²) in [5, 5.41) is 0. The topological polar surface area (TPSA) is 27.1 Å². The van der Waals surface area contributed by atoms with Gasteiger partial charge >= 0.3 is 0 Å². The lowest BCUT2D eigenvalue weighted by Gasteiger charge is -2.08. The summed E-state index contributed by atoms with van der Waals surface area (Å²) in [6, 6.07) is 5.97. The van der Waals surface area contributed by atoms with Crippen molar-refractivity contribution in [3.05, 3.63) is 24.0 Å². The molecule has 1 aromatic heterocycles. The van der Waals surface area contributed by atoms with E-state index in [1.54, 1.807) is 7.11 Å². The van der Waals surface area contributed by atoms with Crippen molar-refractivity contribution in [3.8, 4) is 5.75 Å². The number of fused-ring (bicyclic) bond motifs is 1. The minimum Gasteiger partial charge on any atom is -0.497 e. The Labute approximate surface area is 119 Å². The maximum atomic E-state index is 6.00. The van der Waals surface area contributed by atoms with Gasteiger partial charge in [0.2, 0.25) is 0 Å². The second-order valence-corrected chi connectivity index (χ2v) is 5.00. The Hall–Kier alpha value is -1.22. The smallest absolute Gasteiger partial charge is 0.124 e. The van der Waals surface area contributed by atoms with E-state index in [0.717, 1.165) is 29.2 Å². The van der Waals surface area contributed by atoms with Crippen molar-refractivity contribution < 1.29 is 4.74 Å². The van der Waals surface area contributed by atoms with Crippen LogP contribution in [-0.2, 0) is 12.4 Å². The highest BCUT2D eigenvalue weighted by Gasteiger charge is 2.10. The summed E-state index contributed by atoms with van der Waals surface area (Å²) in [6.45, 7) is 3.20. The summed E-state index contributed by atoms with van der Waals surface area (Å²) < 4.78 is 7.51. The van der Waals surface area contributed by atoms with Crippen LogP contribution >= 0.6 is 11.6 Å².